The van der Waals surface area contributed by atoms with E-state index in [-0.39, 0.29) is 5.60 Å². The second-order valence-corrected chi connectivity index (χ2v) is 5.80. The van der Waals surface area contributed by atoms with Gasteiger partial charge in [0.05, 0.1) is 5.60 Å². The summed E-state index contributed by atoms with van der Waals surface area (Å²) in [4.78, 5) is 4.30. The summed E-state index contributed by atoms with van der Waals surface area (Å²) in [7, 11) is 0. The zero-order valence-electron chi connectivity index (χ0n) is 12.1. The van der Waals surface area contributed by atoms with Crippen LogP contribution in [-0.4, -0.2) is 26.9 Å². The highest BCUT2D eigenvalue weighted by Crippen LogP contribution is 2.30. The first kappa shape index (κ1) is 14.5. The molecule has 0 unspecified atom stereocenters. The van der Waals surface area contributed by atoms with Gasteiger partial charge in [-0.2, -0.15) is 5.10 Å². The summed E-state index contributed by atoms with van der Waals surface area (Å²) < 4.78 is 8.10. The Morgan fingerprint density at radius 2 is 2.00 bits per heavy atom. The van der Waals surface area contributed by atoms with Crippen molar-refractivity contribution in [1.82, 2.24) is 14.8 Å². The SMILES string of the molecule is CC(C)n1ncnc1COC1(CN)CCCCCC1. The van der Waals surface area contributed by atoms with Crippen LogP contribution in [0.1, 0.15) is 64.2 Å². The van der Waals surface area contributed by atoms with Gasteiger partial charge in [0.15, 0.2) is 5.82 Å². The Bertz CT molecular complexity index is 381. The van der Waals surface area contributed by atoms with E-state index in [1.807, 2.05) is 4.68 Å². The molecule has 2 rings (SSSR count). The molecule has 1 aliphatic carbocycles. The molecule has 0 aliphatic heterocycles. The molecule has 5 nitrogen and oxygen atoms in total. The molecule has 0 saturated heterocycles. The highest BCUT2D eigenvalue weighted by molar-refractivity contribution is 4.88. The third-order valence-corrected chi connectivity index (χ3v) is 4.03. The van der Waals surface area contributed by atoms with Crippen LogP contribution >= 0.6 is 0 Å². The lowest BCUT2D eigenvalue weighted by Gasteiger charge is -2.31. The van der Waals surface area contributed by atoms with Gasteiger partial charge < -0.3 is 10.5 Å². The molecule has 1 heterocycles. The van der Waals surface area contributed by atoms with E-state index in [1.165, 1.54) is 25.7 Å². The van der Waals surface area contributed by atoms with Crippen LogP contribution in [0.3, 0.4) is 0 Å². The smallest absolute Gasteiger partial charge is 0.153 e. The van der Waals surface area contributed by atoms with Crippen molar-refractivity contribution in [2.45, 2.75) is 70.6 Å². The molecule has 1 saturated carbocycles. The van der Waals surface area contributed by atoms with Gasteiger partial charge in [0.1, 0.15) is 12.9 Å². The molecule has 1 aliphatic rings. The van der Waals surface area contributed by atoms with Crippen LogP contribution in [0.2, 0.25) is 0 Å². The van der Waals surface area contributed by atoms with Crippen LogP contribution in [-0.2, 0) is 11.3 Å². The summed E-state index contributed by atoms with van der Waals surface area (Å²) in [5, 5.41) is 4.24. The van der Waals surface area contributed by atoms with E-state index in [0.717, 1.165) is 18.7 Å². The van der Waals surface area contributed by atoms with E-state index in [2.05, 4.69) is 23.9 Å². The number of hydrogen-bond donors (Lipinski definition) is 1. The maximum atomic E-state index is 6.19. The minimum absolute atomic E-state index is 0.149. The molecule has 108 valence electrons. The van der Waals surface area contributed by atoms with E-state index < -0.39 is 0 Å². The highest BCUT2D eigenvalue weighted by Gasteiger charge is 2.30. The summed E-state index contributed by atoms with van der Waals surface area (Å²) in [6.45, 7) is 5.31. The number of ether oxygens (including phenoxy) is 1. The van der Waals surface area contributed by atoms with Gasteiger partial charge in [-0.3, -0.25) is 0 Å². The Balaban J connectivity index is 2.00. The van der Waals surface area contributed by atoms with Crippen molar-refractivity contribution in [1.29, 1.82) is 0 Å². The maximum Gasteiger partial charge on any atom is 0.153 e. The standard InChI is InChI=1S/C14H26N4O/c1-12(2)18-13(16-11-17-18)9-19-14(10-15)7-5-3-4-6-8-14/h11-12H,3-10,15H2,1-2H3. The third kappa shape index (κ3) is 3.54. The molecule has 5 heteroatoms. The van der Waals surface area contributed by atoms with Crippen molar-refractivity contribution in [2.24, 2.45) is 5.73 Å². The fraction of sp³-hybridized carbons (Fsp3) is 0.857. The Morgan fingerprint density at radius 3 is 2.58 bits per heavy atom. The van der Waals surface area contributed by atoms with Gasteiger partial charge in [0, 0.05) is 12.6 Å². The Morgan fingerprint density at radius 1 is 1.32 bits per heavy atom. The van der Waals surface area contributed by atoms with Crippen molar-refractivity contribution in [3.05, 3.63) is 12.2 Å². The van der Waals surface area contributed by atoms with Crippen LogP contribution in [0, 0.1) is 0 Å². The van der Waals surface area contributed by atoms with Gasteiger partial charge in [0.2, 0.25) is 0 Å². The van der Waals surface area contributed by atoms with Crippen LogP contribution in [0.15, 0.2) is 6.33 Å². The molecular formula is C14H26N4O. The van der Waals surface area contributed by atoms with Gasteiger partial charge in [0.25, 0.3) is 0 Å². The number of nitrogens with zero attached hydrogens (tertiary/aromatic N) is 3. The lowest BCUT2D eigenvalue weighted by molar-refractivity contribution is -0.0640. The Kier molecular flexibility index (Phi) is 4.93. The highest BCUT2D eigenvalue weighted by atomic mass is 16.5. The van der Waals surface area contributed by atoms with Crippen molar-refractivity contribution < 1.29 is 4.74 Å². The minimum Gasteiger partial charge on any atom is -0.366 e. The summed E-state index contributed by atoms with van der Waals surface area (Å²) in [6, 6.07) is 0.309. The van der Waals surface area contributed by atoms with Gasteiger partial charge in [-0.25, -0.2) is 9.67 Å². The summed E-state index contributed by atoms with van der Waals surface area (Å²) in [5.74, 6) is 0.895. The molecule has 1 fully saturated rings. The van der Waals surface area contributed by atoms with Crippen molar-refractivity contribution in [3.8, 4) is 0 Å². The quantitative estimate of drug-likeness (QED) is 0.831. The maximum absolute atomic E-state index is 6.19. The number of aromatic nitrogens is 3. The molecule has 0 radical (unpaired) electrons. The van der Waals surface area contributed by atoms with Crippen molar-refractivity contribution in [3.63, 3.8) is 0 Å². The van der Waals surface area contributed by atoms with E-state index in [4.69, 9.17) is 10.5 Å². The van der Waals surface area contributed by atoms with Gasteiger partial charge in [-0.15, -0.1) is 0 Å². The summed E-state index contributed by atoms with van der Waals surface area (Å²) in [5.41, 5.74) is 5.83. The Hall–Kier alpha value is -0.940. The van der Waals surface area contributed by atoms with E-state index in [9.17, 15) is 0 Å². The van der Waals surface area contributed by atoms with Gasteiger partial charge >= 0.3 is 0 Å². The van der Waals surface area contributed by atoms with Gasteiger partial charge in [-0.1, -0.05) is 25.7 Å². The zero-order chi connectivity index (χ0) is 13.7. The topological polar surface area (TPSA) is 66.0 Å². The number of rotatable bonds is 5. The predicted molar refractivity (Wildman–Crippen MR) is 74.7 cm³/mol. The Labute approximate surface area is 115 Å². The van der Waals surface area contributed by atoms with Crippen molar-refractivity contribution in [2.75, 3.05) is 6.54 Å². The van der Waals surface area contributed by atoms with Gasteiger partial charge in [-0.05, 0) is 26.7 Å². The van der Waals surface area contributed by atoms with Crippen LogP contribution in [0.4, 0.5) is 0 Å². The lowest BCUT2D eigenvalue weighted by atomic mass is 9.94. The molecule has 0 spiro atoms. The van der Waals surface area contributed by atoms with Crippen LogP contribution < -0.4 is 5.73 Å². The molecule has 0 aromatic carbocycles. The molecule has 0 bridgehead atoms. The third-order valence-electron chi connectivity index (χ3n) is 4.03. The molecule has 1 aromatic rings. The van der Waals surface area contributed by atoms with Crippen LogP contribution in [0.5, 0.6) is 0 Å². The van der Waals surface area contributed by atoms with Crippen LogP contribution in [0.25, 0.3) is 0 Å². The number of nitrogens with two attached hydrogens (primary N) is 1. The first-order valence-electron chi connectivity index (χ1n) is 7.39. The molecule has 0 amide bonds. The monoisotopic (exact) mass is 266 g/mol. The second-order valence-electron chi connectivity index (χ2n) is 5.80. The first-order valence-corrected chi connectivity index (χ1v) is 7.39. The average Bonchev–Trinajstić information content (AvgIpc) is 2.75. The molecule has 0 atom stereocenters. The summed E-state index contributed by atoms with van der Waals surface area (Å²) in [6.07, 6.45) is 8.77. The zero-order valence-corrected chi connectivity index (χ0v) is 12.1. The van der Waals surface area contributed by atoms with E-state index in [1.54, 1.807) is 6.33 Å². The van der Waals surface area contributed by atoms with E-state index in [0.29, 0.717) is 19.2 Å². The second kappa shape index (κ2) is 6.48. The largest absolute Gasteiger partial charge is 0.366 e. The van der Waals surface area contributed by atoms with E-state index >= 15 is 0 Å². The lowest BCUT2D eigenvalue weighted by Crippen LogP contribution is -2.40. The first-order chi connectivity index (χ1) is 9.17. The number of hydrogen-bond acceptors (Lipinski definition) is 4. The average molecular weight is 266 g/mol. The minimum atomic E-state index is -0.149. The fourth-order valence-corrected chi connectivity index (χ4v) is 2.81. The fourth-order valence-electron chi connectivity index (χ4n) is 2.81. The van der Waals surface area contributed by atoms with Crippen molar-refractivity contribution >= 4 is 0 Å². The normalized spacial score (nSPS) is 19.6. The predicted octanol–water partition coefficient (Wildman–Crippen LogP) is 2.43. The molecule has 1 aromatic heterocycles. The molecule has 2 N–H and O–H groups in total. The summed E-state index contributed by atoms with van der Waals surface area (Å²) >= 11 is 0. The molecule has 19 heavy (non-hydrogen) atoms. The molecular weight excluding hydrogens is 240 g/mol.